The minimum Gasteiger partial charge on any atom is -0.299 e. The average molecular weight is 253 g/mol. The highest BCUT2D eigenvalue weighted by molar-refractivity contribution is 5.83. The molecule has 0 spiro atoms. The molecule has 0 atom stereocenters. The third-order valence-corrected chi connectivity index (χ3v) is 4.70. The molecule has 0 aromatic heterocycles. The summed E-state index contributed by atoms with van der Waals surface area (Å²) in [5.41, 5.74) is 0.173. The highest BCUT2D eigenvalue weighted by Crippen LogP contribution is 2.42. The van der Waals surface area contributed by atoms with E-state index in [0.717, 1.165) is 19.3 Å². The number of carbonyl (C=O) groups excluding carboxylic acids is 1. The second kappa shape index (κ2) is 4.63. The molecule has 1 fully saturated rings. The molecule has 1 saturated heterocycles. The molecule has 1 heterocycles. The Hall–Kier alpha value is -0.370. The summed E-state index contributed by atoms with van der Waals surface area (Å²) in [6, 6.07) is 0. The SMILES string of the molecule is CN1C(C)(C)CC(CC(=O)C(C)(C)C)CC1(C)C. The smallest absolute Gasteiger partial charge is 0.138 e. The van der Waals surface area contributed by atoms with Crippen LogP contribution >= 0.6 is 0 Å². The van der Waals surface area contributed by atoms with Gasteiger partial charge in [0.15, 0.2) is 0 Å². The van der Waals surface area contributed by atoms with Gasteiger partial charge in [0.25, 0.3) is 0 Å². The Bertz CT molecular complexity index is 304. The Balaban J connectivity index is 2.79. The zero-order valence-electron chi connectivity index (χ0n) is 13.6. The molecule has 0 amide bonds. The van der Waals surface area contributed by atoms with Crippen LogP contribution in [0.2, 0.25) is 0 Å². The molecule has 1 rings (SSSR count). The summed E-state index contributed by atoms with van der Waals surface area (Å²) in [4.78, 5) is 14.7. The second-order valence-electron chi connectivity index (χ2n) is 8.34. The van der Waals surface area contributed by atoms with E-state index >= 15 is 0 Å². The fourth-order valence-electron chi connectivity index (χ4n) is 3.29. The normalized spacial score (nSPS) is 25.1. The third-order valence-electron chi connectivity index (χ3n) is 4.70. The quantitative estimate of drug-likeness (QED) is 0.744. The van der Waals surface area contributed by atoms with E-state index < -0.39 is 0 Å². The molecule has 1 aliphatic heterocycles. The van der Waals surface area contributed by atoms with Crippen LogP contribution in [0.5, 0.6) is 0 Å². The van der Waals surface area contributed by atoms with Crippen molar-refractivity contribution in [2.45, 2.75) is 78.8 Å². The van der Waals surface area contributed by atoms with Gasteiger partial charge in [0.2, 0.25) is 0 Å². The molecule has 106 valence electrons. The van der Waals surface area contributed by atoms with Crippen LogP contribution in [0, 0.1) is 11.3 Å². The summed E-state index contributed by atoms with van der Waals surface area (Å²) in [5, 5.41) is 0. The second-order valence-corrected chi connectivity index (χ2v) is 8.34. The van der Waals surface area contributed by atoms with Crippen LogP contribution in [0.3, 0.4) is 0 Å². The summed E-state index contributed by atoms with van der Waals surface area (Å²) in [6.45, 7) is 15.3. The van der Waals surface area contributed by atoms with Gasteiger partial charge in [-0.2, -0.15) is 0 Å². The number of hydrogen-bond donors (Lipinski definition) is 0. The summed E-state index contributed by atoms with van der Waals surface area (Å²) in [5.74, 6) is 0.932. The van der Waals surface area contributed by atoms with Crippen molar-refractivity contribution in [3.05, 3.63) is 0 Å². The zero-order chi connectivity index (χ0) is 14.4. The first-order chi connectivity index (χ1) is 7.86. The predicted molar refractivity (Wildman–Crippen MR) is 77.7 cm³/mol. The van der Waals surface area contributed by atoms with E-state index in [0.29, 0.717) is 11.7 Å². The molecule has 0 aromatic carbocycles. The standard InChI is InChI=1S/C16H31NO/c1-14(2,3)13(18)9-12-10-15(4,5)17(8)16(6,7)11-12/h12H,9-11H2,1-8H3. The predicted octanol–water partition coefficient (Wildman–Crippen LogP) is 3.89. The molecule has 0 saturated carbocycles. The van der Waals surface area contributed by atoms with Crippen LogP contribution in [0.15, 0.2) is 0 Å². The van der Waals surface area contributed by atoms with E-state index in [4.69, 9.17) is 0 Å². The maximum Gasteiger partial charge on any atom is 0.138 e. The number of ketones is 1. The molecule has 2 heteroatoms. The lowest BCUT2D eigenvalue weighted by Crippen LogP contribution is -2.58. The molecule has 0 bridgehead atoms. The summed E-state index contributed by atoms with van der Waals surface area (Å²) >= 11 is 0. The average Bonchev–Trinajstić information content (AvgIpc) is 2.11. The molecule has 0 aromatic rings. The van der Waals surface area contributed by atoms with Crippen LogP contribution in [-0.4, -0.2) is 28.8 Å². The number of carbonyl (C=O) groups is 1. The lowest BCUT2D eigenvalue weighted by atomic mass is 9.71. The molecular formula is C16H31NO. The topological polar surface area (TPSA) is 20.3 Å². The van der Waals surface area contributed by atoms with Crippen molar-refractivity contribution in [3.63, 3.8) is 0 Å². The monoisotopic (exact) mass is 253 g/mol. The van der Waals surface area contributed by atoms with Crippen molar-refractivity contribution in [3.8, 4) is 0 Å². The Morgan fingerprint density at radius 1 is 1.11 bits per heavy atom. The summed E-state index contributed by atoms with van der Waals surface area (Å²) in [6.07, 6.45) is 2.98. The van der Waals surface area contributed by atoms with Crippen molar-refractivity contribution in [2.75, 3.05) is 7.05 Å². The van der Waals surface area contributed by atoms with E-state index in [9.17, 15) is 4.79 Å². The van der Waals surface area contributed by atoms with Gasteiger partial charge in [-0.25, -0.2) is 0 Å². The number of rotatable bonds is 2. The Kier molecular flexibility index (Phi) is 4.03. The molecule has 0 aliphatic carbocycles. The van der Waals surface area contributed by atoms with Crippen molar-refractivity contribution in [2.24, 2.45) is 11.3 Å². The Labute approximate surface area is 113 Å². The molecule has 2 nitrogen and oxygen atoms in total. The molecule has 18 heavy (non-hydrogen) atoms. The van der Waals surface area contributed by atoms with Crippen molar-refractivity contribution >= 4 is 5.78 Å². The van der Waals surface area contributed by atoms with Gasteiger partial charge in [-0.05, 0) is 53.5 Å². The van der Waals surface area contributed by atoms with Crippen LogP contribution in [0.1, 0.15) is 67.7 Å². The first-order valence-electron chi connectivity index (χ1n) is 7.13. The van der Waals surface area contributed by atoms with Crippen molar-refractivity contribution < 1.29 is 4.79 Å². The summed E-state index contributed by atoms with van der Waals surface area (Å²) in [7, 11) is 2.21. The van der Waals surface area contributed by atoms with Crippen LogP contribution in [0.4, 0.5) is 0 Å². The fraction of sp³-hybridized carbons (Fsp3) is 0.938. The van der Waals surface area contributed by atoms with E-state index in [1.165, 1.54) is 0 Å². The Morgan fingerprint density at radius 3 is 1.83 bits per heavy atom. The summed E-state index contributed by atoms with van der Waals surface area (Å²) < 4.78 is 0. The van der Waals surface area contributed by atoms with Gasteiger partial charge in [0, 0.05) is 22.9 Å². The highest BCUT2D eigenvalue weighted by Gasteiger charge is 2.43. The van der Waals surface area contributed by atoms with Gasteiger partial charge >= 0.3 is 0 Å². The molecule has 1 aliphatic rings. The maximum atomic E-state index is 12.2. The maximum absolute atomic E-state index is 12.2. The highest BCUT2D eigenvalue weighted by atomic mass is 16.1. The molecule has 0 N–H and O–H groups in total. The van der Waals surface area contributed by atoms with E-state index in [1.807, 2.05) is 20.8 Å². The van der Waals surface area contributed by atoms with Gasteiger partial charge < -0.3 is 0 Å². The number of likely N-dealkylation sites (tertiary alicyclic amines) is 1. The molecular weight excluding hydrogens is 222 g/mol. The van der Waals surface area contributed by atoms with Gasteiger partial charge in [0.1, 0.15) is 5.78 Å². The Morgan fingerprint density at radius 2 is 1.50 bits per heavy atom. The lowest BCUT2D eigenvalue weighted by Gasteiger charge is -2.54. The number of nitrogens with zero attached hydrogens (tertiary/aromatic N) is 1. The first kappa shape index (κ1) is 15.7. The lowest BCUT2D eigenvalue weighted by molar-refractivity contribution is -0.129. The number of piperidine rings is 1. The van der Waals surface area contributed by atoms with E-state index in [1.54, 1.807) is 0 Å². The minimum absolute atomic E-state index is 0.185. The van der Waals surface area contributed by atoms with Crippen LogP contribution in [0.25, 0.3) is 0 Å². The van der Waals surface area contributed by atoms with Crippen LogP contribution < -0.4 is 0 Å². The largest absolute Gasteiger partial charge is 0.299 e. The van der Waals surface area contributed by atoms with E-state index in [2.05, 4.69) is 39.6 Å². The molecule has 0 radical (unpaired) electrons. The van der Waals surface area contributed by atoms with Crippen molar-refractivity contribution in [1.29, 1.82) is 0 Å². The van der Waals surface area contributed by atoms with Gasteiger partial charge in [-0.1, -0.05) is 20.8 Å². The van der Waals surface area contributed by atoms with Gasteiger partial charge in [0.05, 0.1) is 0 Å². The number of hydrogen-bond acceptors (Lipinski definition) is 2. The van der Waals surface area contributed by atoms with E-state index in [-0.39, 0.29) is 16.5 Å². The number of Topliss-reactive ketones (excluding diaryl/α,β-unsaturated/α-hetero) is 1. The fourth-order valence-corrected chi connectivity index (χ4v) is 3.29. The third kappa shape index (κ3) is 3.34. The van der Waals surface area contributed by atoms with Gasteiger partial charge in [-0.15, -0.1) is 0 Å². The minimum atomic E-state index is -0.197. The molecule has 0 unspecified atom stereocenters. The zero-order valence-corrected chi connectivity index (χ0v) is 13.6. The van der Waals surface area contributed by atoms with Gasteiger partial charge in [-0.3, -0.25) is 9.69 Å². The first-order valence-corrected chi connectivity index (χ1v) is 7.13. The van der Waals surface area contributed by atoms with Crippen molar-refractivity contribution in [1.82, 2.24) is 4.90 Å². The van der Waals surface area contributed by atoms with Crippen LogP contribution in [-0.2, 0) is 4.79 Å².